The molecule has 0 aliphatic heterocycles. The van der Waals surface area contributed by atoms with Crippen molar-refractivity contribution in [1.82, 2.24) is 0 Å². The van der Waals surface area contributed by atoms with Crippen molar-refractivity contribution in [3.8, 4) is 0 Å². The fourth-order valence-electron chi connectivity index (χ4n) is 0.695. The minimum absolute atomic E-state index is 0.322. The minimum Gasteiger partial charge on any atom is -0.397 e. The monoisotopic (exact) mass is 177 g/mol. The number of carbonyl (C=O) groups is 1. The first kappa shape index (κ1) is 10.6. The summed E-state index contributed by atoms with van der Waals surface area (Å²) in [4.78, 5) is 10.8. The van der Waals surface area contributed by atoms with Gasteiger partial charge < -0.3 is 14.6 Å². The van der Waals surface area contributed by atoms with Gasteiger partial charge in [0.2, 0.25) is 5.91 Å². The van der Waals surface area contributed by atoms with Crippen molar-refractivity contribution in [1.29, 1.82) is 0 Å². The summed E-state index contributed by atoms with van der Waals surface area (Å²) in [5, 5.41) is 0. The van der Waals surface area contributed by atoms with Crippen LogP contribution in [0.5, 0.6) is 0 Å². The smallest absolute Gasteiger partial charge is 0.346 e. The van der Waals surface area contributed by atoms with Crippen molar-refractivity contribution < 1.29 is 13.6 Å². The van der Waals surface area contributed by atoms with E-state index in [9.17, 15) is 4.79 Å². The van der Waals surface area contributed by atoms with Crippen LogP contribution < -0.4 is 5.73 Å². The van der Waals surface area contributed by atoms with Gasteiger partial charge in [0.15, 0.2) is 0 Å². The quantitative estimate of drug-likeness (QED) is 0.625. The predicted molar refractivity (Wildman–Crippen MR) is 44.3 cm³/mol. The van der Waals surface area contributed by atoms with Crippen LogP contribution in [0, 0.1) is 0 Å². The summed E-state index contributed by atoms with van der Waals surface area (Å²) in [5.74, 6) is -0.372. The molecule has 0 aromatic rings. The van der Waals surface area contributed by atoms with E-state index >= 15 is 0 Å². The largest absolute Gasteiger partial charge is 0.397 e. The van der Waals surface area contributed by atoms with Gasteiger partial charge in [-0.1, -0.05) is 6.92 Å². The van der Waals surface area contributed by atoms with Crippen LogP contribution in [-0.2, 0) is 13.6 Å². The second-order valence-electron chi connectivity index (χ2n) is 2.55. The maximum atomic E-state index is 10.8. The molecule has 1 unspecified atom stereocenters. The van der Waals surface area contributed by atoms with Crippen LogP contribution in [0.2, 0.25) is 12.1 Å². The maximum Gasteiger partial charge on any atom is 0.346 e. The van der Waals surface area contributed by atoms with Gasteiger partial charge in [-0.2, -0.15) is 0 Å². The van der Waals surface area contributed by atoms with E-state index < -0.39 is 8.56 Å². The molecule has 0 aromatic heterocycles. The fraction of sp³-hybridized carbons (Fsp3) is 0.833. The van der Waals surface area contributed by atoms with Gasteiger partial charge in [-0.25, -0.2) is 0 Å². The van der Waals surface area contributed by atoms with Gasteiger partial charge in [0.25, 0.3) is 0 Å². The lowest BCUT2D eigenvalue weighted by Crippen LogP contribution is -2.45. The summed E-state index contributed by atoms with van der Waals surface area (Å²) in [6.07, 6.45) is 0. The van der Waals surface area contributed by atoms with E-state index in [2.05, 4.69) is 0 Å². The molecule has 0 radical (unpaired) electrons. The first-order valence-electron chi connectivity index (χ1n) is 3.37. The van der Waals surface area contributed by atoms with E-state index in [1.807, 2.05) is 6.55 Å². The Morgan fingerprint density at radius 2 is 1.82 bits per heavy atom. The van der Waals surface area contributed by atoms with Crippen LogP contribution >= 0.6 is 0 Å². The Morgan fingerprint density at radius 3 is 1.91 bits per heavy atom. The number of nitrogens with two attached hydrogens (primary N) is 1. The number of carbonyl (C=O) groups excluding carboxylic acids is 1. The summed E-state index contributed by atoms with van der Waals surface area (Å²) < 4.78 is 10.3. The Hall–Kier alpha value is -0.393. The van der Waals surface area contributed by atoms with Gasteiger partial charge in [-0.15, -0.1) is 0 Å². The molecule has 0 saturated heterocycles. The molecule has 0 spiro atoms. The van der Waals surface area contributed by atoms with Crippen molar-refractivity contribution >= 4 is 14.5 Å². The second-order valence-corrected chi connectivity index (χ2v) is 6.26. The van der Waals surface area contributed by atoms with E-state index in [4.69, 9.17) is 14.6 Å². The van der Waals surface area contributed by atoms with Gasteiger partial charge in [-0.3, -0.25) is 4.79 Å². The molecular weight excluding hydrogens is 162 g/mol. The number of hydrogen-bond acceptors (Lipinski definition) is 3. The minimum atomic E-state index is -2.34. The van der Waals surface area contributed by atoms with Gasteiger partial charge in [0.05, 0.1) is 5.54 Å². The lowest BCUT2D eigenvalue weighted by atomic mass is 10.5. The molecule has 0 aliphatic rings. The van der Waals surface area contributed by atoms with Crippen LogP contribution in [0.4, 0.5) is 0 Å². The van der Waals surface area contributed by atoms with Crippen LogP contribution in [0.25, 0.3) is 0 Å². The number of hydrogen-bond donors (Lipinski definition) is 1. The summed E-state index contributed by atoms with van der Waals surface area (Å²) in [7, 11) is 0.735. The van der Waals surface area contributed by atoms with Gasteiger partial charge in [0, 0.05) is 14.2 Å². The molecule has 1 amide bonds. The van der Waals surface area contributed by atoms with E-state index in [1.165, 1.54) is 14.2 Å². The molecule has 66 valence electrons. The van der Waals surface area contributed by atoms with Crippen LogP contribution in [0.15, 0.2) is 0 Å². The van der Waals surface area contributed by atoms with E-state index in [0.29, 0.717) is 0 Å². The summed E-state index contributed by atoms with van der Waals surface area (Å²) in [6, 6.07) is 0. The number of primary amides is 1. The van der Waals surface area contributed by atoms with Crippen molar-refractivity contribution in [2.24, 2.45) is 5.73 Å². The van der Waals surface area contributed by atoms with Gasteiger partial charge in [-0.05, 0) is 6.55 Å². The summed E-state index contributed by atoms with van der Waals surface area (Å²) in [6.45, 7) is 3.53. The van der Waals surface area contributed by atoms with Crippen LogP contribution in [-0.4, -0.2) is 28.7 Å². The van der Waals surface area contributed by atoms with Crippen molar-refractivity contribution in [3.63, 3.8) is 0 Å². The topological polar surface area (TPSA) is 61.6 Å². The molecule has 0 fully saturated rings. The number of amides is 1. The Balaban J connectivity index is 4.36. The van der Waals surface area contributed by atoms with E-state index in [-0.39, 0.29) is 11.4 Å². The highest BCUT2D eigenvalue weighted by Crippen LogP contribution is 2.21. The molecule has 1 atom stereocenters. The fourth-order valence-corrected chi connectivity index (χ4v) is 2.09. The highest BCUT2D eigenvalue weighted by molar-refractivity contribution is 6.71. The molecule has 4 nitrogen and oxygen atoms in total. The first-order chi connectivity index (χ1) is 4.98. The van der Waals surface area contributed by atoms with Gasteiger partial charge in [0.1, 0.15) is 0 Å². The van der Waals surface area contributed by atoms with Crippen LogP contribution in [0.3, 0.4) is 0 Å². The van der Waals surface area contributed by atoms with Crippen molar-refractivity contribution in [3.05, 3.63) is 0 Å². The standard InChI is InChI=1S/C6H15NO3Si/c1-5(6(7)8)11(4,9-2)10-3/h5H,1-4H3,(H2,7,8). The summed E-state index contributed by atoms with van der Waals surface area (Å²) >= 11 is 0. The Labute approximate surface area is 67.9 Å². The molecule has 5 heteroatoms. The molecule has 0 heterocycles. The molecular formula is C6H15NO3Si. The zero-order valence-electron chi connectivity index (χ0n) is 7.38. The summed E-state index contributed by atoms with van der Waals surface area (Å²) in [5.41, 5.74) is 4.79. The second kappa shape index (κ2) is 3.84. The zero-order valence-corrected chi connectivity index (χ0v) is 8.38. The van der Waals surface area contributed by atoms with Crippen molar-refractivity contribution in [2.75, 3.05) is 14.2 Å². The van der Waals surface area contributed by atoms with E-state index in [0.717, 1.165) is 0 Å². The molecule has 0 rings (SSSR count). The lowest BCUT2D eigenvalue weighted by molar-refractivity contribution is -0.118. The first-order valence-corrected chi connectivity index (χ1v) is 5.77. The molecule has 11 heavy (non-hydrogen) atoms. The van der Waals surface area contributed by atoms with Crippen LogP contribution in [0.1, 0.15) is 6.92 Å². The number of rotatable bonds is 4. The average Bonchev–Trinajstić information content (AvgIpc) is 2.01. The maximum absolute atomic E-state index is 10.8. The normalized spacial score (nSPS) is 14.5. The predicted octanol–water partition coefficient (Wildman–Crippen LogP) is 0.227. The highest BCUT2D eigenvalue weighted by atomic mass is 28.4. The molecule has 0 aliphatic carbocycles. The molecule has 0 saturated carbocycles. The SMILES string of the molecule is CO[Si](C)(OC)C(C)C(N)=O. The average molecular weight is 177 g/mol. The Kier molecular flexibility index (Phi) is 3.71. The van der Waals surface area contributed by atoms with Crippen molar-refractivity contribution in [2.45, 2.75) is 19.0 Å². The zero-order chi connectivity index (χ0) is 9.07. The third-order valence-electron chi connectivity index (χ3n) is 2.02. The Morgan fingerprint density at radius 1 is 1.45 bits per heavy atom. The van der Waals surface area contributed by atoms with Gasteiger partial charge >= 0.3 is 8.56 Å². The highest BCUT2D eigenvalue weighted by Gasteiger charge is 2.39. The molecule has 0 bridgehead atoms. The van der Waals surface area contributed by atoms with E-state index in [1.54, 1.807) is 6.92 Å². The molecule has 2 N–H and O–H groups in total. The lowest BCUT2D eigenvalue weighted by Gasteiger charge is -2.26. The molecule has 0 aromatic carbocycles. The third kappa shape index (κ3) is 2.28. The third-order valence-corrected chi connectivity index (χ3v) is 5.50. The Bertz CT molecular complexity index is 147.